The van der Waals surface area contributed by atoms with Crippen LogP contribution in [0.25, 0.3) is 0 Å². The molecule has 0 atom stereocenters. The quantitative estimate of drug-likeness (QED) is 0.755. The first-order valence-electron chi connectivity index (χ1n) is 6.63. The van der Waals surface area contributed by atoms with Gasteiger partial charge in [0.2, 0.25) is 0 Å². The molecule has 1 aliphatic heterocycles. The summed E-state index contributed by atoms with van der Waals surface area (Å²) < 4.78 is 13.9. The summed E-state index contributed by atoms with van der Waals surface area (Å²) in [6, 6.07) is 4.25. The lowest BCUT2D eigenvalue weighted by Crippen LogP contribution is -2.32. The molecule has 1 aromatic rings. The van der Waals surface area contributed by atoms with Crippen LogP contribution >= 0.6 is 15.9 Å². The molecule has 1 saturated heterocycles. The number of hydrogen-bond donors (Lipinski definition) is 0. The van der Waals surface area contributed by atoms with Gasteiger partial charge in [0.1, 0.15) is 5.82 Å². The maximum absolute atomic E-state index is 13.3. The highest BCUT2D eigenvalue weighted by Crippen LogP contribution is 2.30. The van der Waals surface area contributed by atoms with Crippen molar-refractivity contribution in [2.45, 2.75) is 33.1 Å². The Hall–Kier alpha value is -0.900. The molecule has 0 unspecified atom stereocenters. The van der Waals surface area contributed by atoms with E-state index in [2.05, 4.69) is 29.8 Å². The van der Waals surface area contributed by atoms with Gasteiger partial charge in [-0.3, -0.25) is 4.79 Å². The first-order chi connectivity index (χ1) is 8.89. The Kier molecular flexibility index (Phi) is 4.29. The molecule has 1 amide bonds. The fourth-order valence-electron chi connectivity index (χ4n) is 2.46. The minimum Gasteiger partial charge on any atom is -0.339 e. The van der Waals surface area contributed by atoms with E-state index in [4.69, 9.17) is 0 Å². The molecule has 0 aromatic heterocycles. The van der Waals surface area contributed by atoms with Crippen LogP contribution in [0.5, 0.6) is 0 Å². The molecule has 0 aliphatic carbocycles. The second-order valence-corrected chi connectivity index (χ2v) is 6.79. The molecule has 19 heavy (non-hydrogen) atoms. The molecule has 104 valence electrons. The first-order valence-corrected chi connectivity index (χ1v) is 7.43. The average Bonchev–Trinajstić information content (AvgIpc) is 2.52. The SMILES string of the molecule is CC1(C)CCCN(C(=O)c2cc(F)ccc2Br)CC1. The van der Waals surface area contributed by atoms with E-state index in [1.165, 1.54) is 12.1 Å². The van der Waals surface area contributed by atoms with Crippen LogP contribution in [0.3, 0.4) is 0 Å². The van der Waals surface area contributed by atoms with Gasteiger partial charge in [-0.15, -0.1) is 0 Å². The Balaban J connectivity index is 2.17. The fourth-order valence-corrected chi connectivity index (χ4v) is 2.87. The number of hydrogen-bond acceptors (Lipinski definition) is 1. The molecular weight excluding hydrogens is 309 g/mol. The van der Waals surface area contributed by atoms with Crippen molar-refractivity contribution in [3.8, 4) is 0 Å². The standard InChI is InChI=1S/C15H19BrFNO/c1-15(2)6-3-8-18(9-7-15)14(19)12-10-11(17)4-5-13(12)16/h4-5,10H,3,6-9H2,1-2H3. The first kappa shape index (κ1) is 14.5. The summed E-state index contributed by atoms with van der Waals surface area (Å²) in [5.74, 6) is -0.453. The molecule has 0 bridgehead atoms. The average molecular weight is 328 g/mol. The van der Waals surface area contributed by atoms with Gasteiger partial charge in [0.15, 0.2) is 0 Å². The number of carbonyl (C=O) groups excluding carboxylic acids is 1. The van der Waals surface area contributed by atoms with E-state index >= 15 is 0 Å². The molecule has 1 aliphatic rings. The van der Waals surface area contributed by atoms with Crippen molar-refractivity contribution < 1.29 is 9.18 Å². The lowest BCUT2D eigenvalue weighted by atomic mass is 9.85. The molecule has 2 nitrogen and oxygen atoms in total. The number of nitrogens with zero attached hydrogens (tertiary/aromatic N) is 1. The van der Waals surface area contributed by atoms with Gasteiger partial charge < -0.3 is 4.90 Å². The Bertz CT molecular complexity index is 487. The van der Waals surface area contributed by atoms with Crippen LogP contribution in [0.2, 0.25) is 0 Å². The molecule has 0 saturated carbocycles. The molecule has 0 N–H and O–H groups in total. The third-order valence-electron chi connectivity index (χ3n) is 3.79. The Morgan fingerprint density at radius 3 is 2.79 bits per heavy atom. The zero-order chi connectivity index (χ0) is 14.0. The number of rotatable bonds is 1. The van der Waals surface area contributed by atoms with Crippen LogP contribution in [-0.4, -0.2) is 23.9 Å². The van der Waals surface area contributed by atoms with Gasteiger partial charge in [0.25, 0.3) is 5.91 Å². The number of carbonyl (C=O) groups is 1. The predicted octanol–water partition coefficient (Wildman–Crippen LogP) is 4.24. The van der Waals surface area contributed by atoms with Crippen molar-refractivity contribution in [2.24, 2.45) is 5.41 Å². The predicted molar refractivity (Wildman–Crippen MR) is 77.6 cm³/mol. The van der Waals surface area contributed by atoms with Gasteiger partial charge in [0.05, 0.1) is 5.56 Å². The third-order valence-corrected chi connectivity index (χ3v) is 4.48. The van der Waals surface area contributed by atoms with Crippen molar-refractivity contribution >= 4 is 21.8 Å². The maximum atomic E-state index is 13.3. The smallest absolute Gasteiger partial charge is 0.255 e. The van der Waals surface area contributed by atoms with Crippen LogP contribution in [0.4, 0.5) is 4.39 Å². The van der Waals surface area contributed by atoms with Crippen LogP contribution in [0.15, 0.2) is 22.7 Å². The van der Waals surface area contributed by atoms with Gasteiger partial charge in [-0.1, -0.05) is 13.8 Å². The lowest BCUT2D eigenvalue weighted by molar-refractivity contribution is 0.0756. The van der Waals surface area contributed by atoms with Crippen molar-refractivity contribution in [3.05, 3.63) is 34.1 Å². The fraction of sp³-hybridized carbons (Fsp3) is 0.533. The molecule has 2 rings (SSSR count). The van der Waals surface area contributed by atoms with E-state index in [-0.39, 0.29) is 17.1 Å². The van der Waals surface area contributed by atoms with Gasteiger partial charge in [-0.25, -0.2) is 4.39 Å². The second-order valence-electron chi connectivity index (χ2n) is 5.93. The van der Waals surface area contributed by atoms with Crippen molar-refractivity contribution in [3.63, 3.8) is 0 Å². The van der Waals surface area contributed by atoms with Crippen LogP contribution in [-0.2, 0) is 0 Å². The highest BCUT2D eigenvalue weighted by Gasteiger charge is 2.26. The summed E-state index contributed by atoms with van der Waals surface area (Å²) in [5.41, 5.74) is 0.702. The van der Waals surface area contributed by atoms with E-state index in [1.807, 2.05) is 4.90 Å². The summed E-state index contributed by atoms with van der Waals surface area (Å²) in [7, 11) is 0. The highest BCUT2D eigenvalue weighted by molar-refractivity contribution is 9.10. The Labute approximate surface area is 122 Å². The molecule has 0 spiro atoms. The van der Waals surface area contributed by atoms with Crippen molar-refractivity contribution in [2.75, 3.05) is 13.1 Å². The van der Waals surface area contributed by atoms with E-state index in [0.29, 0.717) is 10.0 Å². The van der Waals surface area contributed by atoms with E-state index < -0.39 is 0 Å². The lowest BCUT2D eigenvalue weighted by Gasteiger charge is -2.23. The molecular formula is C15H19BrFNO. The number of halogens is 2. The van der Waals surface area contributed by atoms with Gasteiger partial charge >= 0.3 is 0 Å². The van der Waals surface area contributed by atoms with Crippen LogP contribution in [0.1, 0.15) is 43.5 Å². The van der Waals surface area contributed by atoms with Gasteiger partial charge in [-0.05, 0) is 58.8 Å². The number of benzene rings is 1. The second kappa shape index (κ2) is 5.61. The van der Waals surface area contributed by atoms with Crippen LogP contribution < -0.4 is 0 Å². The Morgan fingerprint density at radius 2 is 2.05 bits per heavy atom. The van der Waals surface area contributed by atoms with E-state index in [9.17, 15) is 9.18 Å². The maximum Gasteiger partial charge on any atom is 0.255 e. The molecule has 4 heteroatoms. The molecule has 1 aromatic carbocycles. The summed E-state index contributed by atoms with van der Waals surface area (Å²) in [6.07, 6.45) is 3.12. The molecule has 1 heterocycles. The highest BCUT2D eigenvalue weighted by atomic mass is 79.9. The molecule has 1 fully saturated rings. The topological polar surface area (TPSA) is 20.3 Å². The summed E-state index contributed by atoms with van der Waals surface area (Å²) in [6.45, 7) is 5.97. The molecule has 0 radical (unpaired) electrons. The zero-order valence-corrected chi connectivity index (χ0v) is 13.0. The minimum absolute atomic E-state index is 0.0796. The largest absolute Gasteiger partial charge is 0.339 e. The number of amides is 1. The minimum atomic E-state index is -0.373. The van der Waals surface area contributed by atoms with Gasteiger partial charge in [-0.2, -0.15) is 0 Å². The van der Waals surface area contributed by atoms with Crippen LogP contribution in [0, 0.1) is 11.2 Å². The third kappa shape index (κ3) is 3.56. The van der Waals surface area contributed by atoms with E-state index in [1.54, 1.807) is 6.07 Å². The summed E-state index contributed by atoms with van der Waals surface area (Å²) in [5, 5.41) is 0. The Morgan fingerprint density at radius 1 is 1.32 bits per heavy atom. The normalized spacial score (nSPS) is 19.1. The zero-order valence-electron chi connectivity index (χ0n) is 11.4. The summed E-state index contributed by atoms with van der Waals surface area (Å²) >= 11 is 3.33. The summed E-state index contributed by atoms with van der Waals surface area (Å²) in [4.78, 5) is 14.3. The monoisotopic (exact) mass is 327 g/mol. The van der Waals surface area contributed by atoms with Crippen molar-refractivity contribution in [1.82, 2.24) is 4.90 Å². The van der Waals surface area contributed by atoms with Crippen molar-refractivity contribution in [1.29, 1.82) is 0 Å². The van der Waals surface area contributed by atoms with E-state index in [0.717, 1.165) is 32.4 Å². The van der Waals surface area contributed by atoms with Gasteiger partial charge in [0, 0.05) is 17.6 Å². The number of likely N-dealkylation sites (tertiary alicyclic amines) is 1.